The van der Waals surface area contributed by atoms with E-state index in [2.05, 4.69) is 4.98 Å². The van der Waals surface area contributed by atoms with Gasteiger partial charge in [-0.2, -0.15) is 0 Å². The lowest BCUT2D eigenvalue weighted by Crippen LogP contribution is -2.42. The predicted molar refractivity (Wildman–Crippen MR) is 150 cm³/mol. The molecule has 0 aliphatic carbocycles. The van der Waals surface area contributed by atoms with Crippen LogP contribution >= 0.6 is 7.82 Å². The molecule has 0 unspecified atom stereocenters. The number of rotatable bonds is 15. The van der Waals surface area contributed by atoms with Crippen LogP contribution in [0.1, 0.15) is 34.3 Å². The minimum atomic E-state index is -4.25. The highest BCUT2D eigenvalue weighted by atomic mass is 31.2. The van der Waals surface area contributed by atoms with E-state index in [9.17, 15) is 34.3 Å². The average molecular weight is 635 g/mol. The standard InChI is InChI=1S/C27H31N4O12P/c28-24-21(25(36)30-18(27(37)38)11-20(32)33)29-15-31(24)26-23(35)22(34)19(43-26)14-42-44(39,40-12-16-7-3-1-4-8-16)41-13-17-9-5-2-6-10-17/h1-10,15,18-19,22-23,26,34-35H,11-14,28H2,(H,30,36)(H,32,33)(H,37,38)/t18-,19+,22-,23+,26+/m0/s1. The summed E-state index contributed by atoms with van der Waals surface area (Å²) in [5.41, 5.74) is 6.93. The van der Waals surface area contributed by atoms with Crippen LogP contribution in [-0.4, -0.2) is 78.8 Å². The maximum absolute atomic E-state index is 13.6. The number of ether oxygens (including phenoxy) is 1. The Balaban J connectivity index is 1.43. The van der Waals surface area contributed by atoms with Gasteiger partial charge in [-0.05, 0) is 11.1 Å². The van der Waals surface area contributed by atoms with Gasteiger partial charge < -0.3 is 36.2 Å². The van der Waals surface area contributed by atoms with E-state index >= 15 is 0 Å². The Morgan fingerprint density at radius 1 is 0.955 bits per heavy atom. The molecule has 1 saturated heterocycles. The molecule has 4 rings (SSSR count). The smallest absolute Gasteiger partial charge is 0.475 e. The Morgan fingerprint density at radius 3 is 2.05 bits per heavy atom. The zero-order chi connectivity index (χ0) is 31.9. The van der Waals surface area contributed by atoms with E-state index in [0.717, 1.165) is 10.9 Å². The van der Waals surface area contributed by atoms with Gasteiger partial charge in [-0.15, -0.1) is 0 Å². The van der Waals surface area contributed by atoms with Gasteiger partial charge in [0.1, 0.15) is 30.2 Å². The molecule has 1 aliphatic rings. The molecule has 0 radical (unpaired) electrons. The lowest BCUT2D eigenvalue weighted by atomic mass is 10.1. The van der Waals surface area contributed by atoms with E-state index in [4.69, 9.17) is 29.1 Å². The highest BCUT2D eigenvalue weighted by Gasteiger charge is 2.46. The van der Waals surface area contributed by atoms with Gasteiger partial charge >= 0.3 is 19.8 Å². The number of hydrogen-bond acceptors (Lipinski definition) is 12. The second kappa shape index (κ2) is 14.5. The summed E-state index contributed by atoms with van der Waals surface area (Å²) in [5, 5.41) is 41.5. The highest BCUT2D eigenvalue weighted by molar-refractivity contribution is 7.48. The van der Waals surface area contributed by atoms with Gasteiger partial charge in [0.25, 0.3) is 5.91 Å². The molecule has 2 heterocycles. The number of aliphatic carboxylic acids is 2. The fraction of sp³-hybridized carbons (Fsp3) is 0.333. The van der Waals surface area contributed by atoms with Crippen LogP contribution in [0.15, 0.2) is 67.0 Å². The van der Waals surface area contributed by atoms with Gasteiger partial charge in [-0.25, -0.2) is 14.3 Å². The van der Waals surface area contributed by atoms with Gasteiger partial charge in [-0.1, -0.05) is 60.7 Å². The van der Waals surface area contributed by atoms with Crippen LogP contribution in [0.25, 0.3) is 0 Å². The van der Waals surface area contributed by atoms with Crippen molar-refractivity contribution in [2.45, 2.75) is 50.2 Å². The van der Waals surface area contributed by atoms with Crippen molar-refractivity contribution in [3.8, 4) is 0 Å². The molecule has 1 fully saturated rings. The average Bonchev–Trinajstić information content (AvgIpc) is 3.52. The molecular weight excluding hydrogens is 603 g/mol. The third-order valence-electron chi connectivity index (χ3n) is 6.50. The summed E-state index contributed by atoms with van der Waals surface area (Å²) >= 11 is 0. The Bertz CT molecular complexity index is 1440. The number of aromatic nitrogens is 2. The lowest BCUT2D eigenvalue weighted by molar-refractivity contribution is -0.145. The summed E-state index contributed by atoms with van der Waals surface area (Å²) in [4.78, 5) is 38.6. The molecule has 0 spiro atoms. The molecule has 0 bridgehead atoms. The summed E-state index contributed by atoms with van der Waals surface area (Å²) in [7, 11) is -4.25. The quantitative estimate of drug-likeness (QED) is 0.129. The number of carbonyl (C=O) groups excluding carboxylic acids is 1. The van der Waals surface area contributed by atoms with Crippen molar-refractivity contribution in [3.05, 3.63) is 83.8 Å². The topological polar surface area (TPSA) is 242 Å². The van der Waals surface area contributed by atoms with E-state index < -0.39 is 75.0 Å². The number of amides is 1. The Kier molecular flexibility index (Phi) is 10.8. The van der Waals surface area contributed by atoms with Crippen LogP contribution in [0.4, 0.5) is 5.82 Å². The van der Waals surface area contributed by atoms with E-state index in [1.54, 1.807) is 60.7 Å². The number of carboxylic acid groups (broad SMARTS) is 2. The number of hydrogen-bond donors (Lipinski definition) is 6. The largest absolute Gasteiger partial charge is 0.481 e. The van der Waals surface area contributed by atoms with Crippen LogP contribution in [0.5, 0.6) is 0 Å². The van der Waals surface area contributed by atoms with Crippen molar-refractivity contribution in [1.29, 1.82) is 0 Å². The molecule has 44 heavy (non-hydrogen) atoms. The fourth-order valence-electron chi connectivity index (χ4n) is 4.18. The number of carbonyl (C=O) groups is 3. The molecule has 236 valence electrons. The molecule has 1 aromatic heterocycles. The van der Waals surface area contributed by atoms with Crippen molar-refractivity contribution >= 4 is 31.5 Å². The number of nitrogens with two attached hydrogens (primary N) is 1. The number of nitrogen functional groups attached to an aromatic ring is 1. The highest BCUT2D eigenvalue weighted by Crippen LogP contribution is 2.51. The molecule has 5 atom stereocenters. The SMILES string of the molecule is Nc1c(C(=O)N[C@@H](CC(=O)O)C(=O)O)ncn1[C@@H]1O[C@H](COP(=O)(OCc2ccccc2)OCc2ccccc2)[C@H](O)[C@H]1O. The van der Waals surface area contributed by atoms with E-state index in [0.29, 0.717) is 11.1 Å². The first-order chi connectivity index (χ1) is 21.0. The minimum absolute atomic E-state index is 0.113. The van der Waals surface area contributed by atoms with Gasteiger partial charge in [0.2, 0.25) is 0 Å². The van der Waals surface area contributed by atoms with Gasteiger partial charge in [0.15, 0.2) is 11.9 Å². The maximum atomic E-state index is 13.6. The summed E-state index contributed by atoms with van der Waals surface area (Å²) in [6, 6.07) is 16.0. The lowest BCUT2D eigenvalue weighted by Gasteiger charge is -2.21. The molecule has 3 aromatic rings. The number of benzene rings is 2. The number of phosphoric ester groups is 1. The van der Waals surface area contributed by atoms with Crippen molar-refractivity contribution in [1.82, 2.24) is 14.9 Å². The van der Waals surface area contributed by atoms with E-state index in [1.165, 1.54) is 0 Å². The van der Waals surface area contributed by atoms with Crippen LogP contribution in [0.2, 0.25) is 0 Å². The second-order valence-electron chi connectivity index (χ2n) is 9.66. The first kappa shape index (κ1) is 32.8. The number of carboxylic acids is 2. The summed E-state index contributed by atoms with van der Waals surface area (Å²) in [5.74, 6) is -4.50. The monoisotopic (exact) mass is 634 g/mol. The Labute approximate surface area is 250 Å². The van der Waals surface area contributed by atoms with Crippen molar-refractivity contribution < 1.29 is 57.7 Å². The van der Waals surface area contributed by atoms with Gasteiger partial charge in [0, 0.05) is 0 Å². The van der Waals surface area contributed by atoms with Crippen molar-refractivity contribution in [2.75, 3.05) is 12.3 Å². The molecule has 1 aliphatic heterocycles. The zero-order valence-electron chi connectivity index (χ0n) is 23.0. The predicted octanol–water partition coefficient (Wildman–Crippen LogP) is 1.30. The number of anilines is 1. The van der Waals surface area contributed by atoms with Crippen LogP contribution < -0.4 is 11.1 Å². The third-order valence-corrected chi connectivity index (χ3v) is 7.86. The number of nitrogens with one attached hydrogen (secondary N) is 1. The molecule has 2 aromatic carbocycles. The molecule has 7 N–H and O–H groups in total. The van der Waals surface area contributed by atoms with Crippen molar-refractivity contribution in [2.24, 2.45) is 0 Å². The summed E-state index contributed by atoms with van der Waals surface area (Å²) in [6.07, 6.45) is -5.74. The molecule has 1 amide bonds. The molecule has 16 nitrogen and oxygen atoms in total. The van der Waals surface area contributed by atoms with Crippen LogP contribution in [0.3, 0.4) is 0 Å². The normalized spacial score (nSPS) is 20.7. The number of imidazole rings is 1. The second-order valence-corrected chi connectivity index (χ2v) is 11.3. The fourth-order valence-corrected chi connectivity index (χ4v) is 5.35. The Hall–Kier alpha value is -4.15. The number of phosphoric acid groups is 1. The minimum Gasteiger partial charge on any atom is -0.481 e. The van der Waals surface area contributed by atoms with Gasteiger partial charge in [-0.3, -0.25) is 27.7 Å². The van der Waals surface area contributed by atoms with E-state index in [-0.39, 0.29) is 19.0 Å². The number of nitrogens with zero attached hydrogens (tertiary/aromatic N) is 2. The number of aliphatic hydroxyl groups excluding tert-OH is 2. The van der Waals surface area contributed by atoms with E-state index in [1.807, 2.05) is 5.32 Å². The summed E-state index contributed by atoms with van der Waals surface area (Å²) in [6.45, 7) is -0.775. The number of aliphatic hydroxyl groups is 2. The first-order valence-corrected chi connectivity index (χ1v) is 14.6. The van der Waals surface area contributed by atoms with Crippen LogP contribution in [-0.2, 0) is 45.7 Å². The first-order valence-electron chi connectivity index (χ1n) is 13.2. The molecule has 17 heteroatoms. The van der Waals surface area contributed by atoms with Gasteiger partial charge in [0.05, 0.1) is 32.6 Å². The molecule has 0 saturated carbocycles. The molecular formula is C27H31N4O12P. The Morgan fingerprint density at radius 2 is 1.52 bits per heavy atom. The zero-order valence-corrected chi connectivity index (χ0v) is 23.9. The van der Waals surface area contributed by atoms with Crippen LogP contribution in [0, 0.1) is 0 Å². The van der Waals surface area contributed by atoms with Crippen molar-refractivity contribution in [3.63, 3.8) is 0 Å². The summed E-state index contributed by atoms with van der Waals surface area (Å²) < 4.78 is 36.9. The maximum Gasteiger partial charge on any atom is 0.475 e. The third kappa shape index (κ3) is 8.27.